The number of hydrogen-bond acceptors (Lipinski definition) is 11. The second kappa shape index (κ2) is 79.5. The first-order valence-corrected chi connectivity index (χ1v) is 42.9. The van der Waals surface area contributed by atoms with Crippen molar-refractivity contribution in [3.63, 3.8) is 0 Å². The molecule has 0 aliphatic carbocycles. The fraction of sp³-hybridized carbons (Fsp3) is 0.960. The maximum Gasteiger partial charge on any atom is 1.00 e. The molecule has 0 radical (unpaired) electrons. The standard InChI is InChI=1S/C75H152N4O13P2.2Na.2H/c1-5-9-13-17-21-25-29-31-33-35-37-41-45-49-53-57-63-87-67-71(78-73(80)59-55-51-47-43-39-27-23-19-15-11-7-3)69-91-93(83,84)89-65-61-76-75(82)77-62-66-90-94(85,86)92-70-72(79-74(81)60-56-52-48-44-40-28-24-20-16-12-8-4)68-88-64-58-54-50-46-42-38-36-34-32-30-26-22-18-14-10-6-2;;;;/h71-72H,5-70H2,1-4H3,(H,78,80)(H,79,81)(H,83,84)(H,85,86)(H2,76,77,82);;;;/q;2*+1;2*-1/t71-,72-;;;;/m0..../s1. The van der Waals surface area contributed by atoms with Crippen LogP contribution in [0, 0.1) is 0 Å². The number of rotatable bonds is 78. The van der Waals surface area contributed by atoms with E-state index in [0.717, 1.165) is 77.0 Å². The summed E-state index contributed by atoms with van der Waals surface area (Å²) in [6, 6.07) is -1.99. The fourth-order valence-corrected chi connectivity index (χ4v) is 13.4. The molecule has 4 atom stereocenters. The van der Waals surface area contributed by atoms with Crippen LogP contribution in [0.1, 0.15) is 390 Å². The van der Waals surface area contributed by atoms with Crippen LogP contribution in [0.25, 0.3) is 0 Å². The van der Waals surface area contributed by atoms with E-state index >= 15 is 0 Å². The first-order chi connectivity index (χ1) is 45.9. The predicted octanol–water partition coefficient (Wildman–Crippen LogP) is 15.7. The molecule has 0 fully saturated rings. The average molecular weight is 1430 g/mol. The summed E-state index contributed by atoms with van der Waals surface area (Å²) in [4.78, 5) is 59.7. The van der Waals surface area contributed by atoms with Crippen LogP contribution in [-0.2, 0) is 46.3 Å². The van der Waals surface area contributed by atoms with Crippen LogP contribution in [0.2, 0.25) is 0 Å². The molecule has 0 saturated heterocycles. The number of hydrogen-bond donors (Lipinski definition) is 6. The molecule has 0 aromatic carbocycles. The number of nitrogens with one attached hydrogen (secondary N) is 4. The summed E-state index contributed by atoms with van der Waals surface area (Å²) in [5, 5.41) is 10.9. The first kappa shape index (κ1) is 101. The molecule has 21 heteroatoms. The molecule has 2 unspecified atom stereocenters. The molecule has 0 aliphatic heterocycles. The number of carbonyl (C=O) groups excluding carboxylic acids is 3. The van der Waals surface area contributed by atoms with Gasteiger partial charge in [-0.15, -0.1) is 0 Å². The third-order valence-corrected chi connectivity index (χ3v) is 19.8. The van der Waals surface area contributed by atoms with E-state index in [4.69, 9.17) is 27.6 Å². The molecule has 0 rings (SSSR count). The third kappa shape index (κ3) is 78.5. The zero-order valence-corrected chi connectivity index (χ0v) is 69.4. The minimum atomic E-state index is -4.58. The molecule has 0 bridgehead atoms. The van der Waals surface area contributed by atoms with Gasteiger partial charge in [-0.05, 0) is 25.7 Å². The van der Waals surface area contributed by atoms with E-state index in [9.17, 15) is 33.3 Å². The van der Waals surface area contributed by atoms with Gasteiger partial charge in [-0.25, -0.2) is 13.9 Å². The van der Waals surface area contributed by atoms with Gasteiger partial charge in [0.2, 0.25) is 11.8 Å². The van der Waals surface area contributed by atoms with Gasteiger partial charge in [-0.2, -0.15) is 0 Å². The van der Waals surface area contributed by atoms with Crippen molar-refractivity contribution in [1.29, 1.82) is 0 Å². The van der Waals surface area contributed by atoms with Crippen LogP contribution >= 0.6 is 15.6 Å². The normalized spacial score (nSPS) is 13.3. The summed E-state index contributed by atoms with van der Waals surface area (Å²) in [7, 11) is -9.17. The Hall–Kier alpha value is 0.350. The second-order valence-electron chi connectivity index (χ2n) is 27.2. The van der Waals surface area contributed by atoms with Gasteiger partial charge in [0.25, 0.3) is 0 Å². The number of ether oxygens (including phenoxy) is 2. The Morgan fingerprint density at radius 3 is 0.740 bits per heavy atom. The number of urea groups is 1. The van der Waals surface area contributed by atoms with Crippen LogP contribution in [-0.4, -0.2) is 106 Å². The van der Waals surface area contributed by atoms with Gasteiger partial charge in [0.1, 0.15) is 0 Å². The van der Waals surface area contributed by atoms with Crippen molar-refractivity contribution in [2.45, 2.75) is 399 Å². The van der Waals surface area contributed by atoms with E-state index in [1.54, 1.807) is 0 Å². The number of phosphoric ester groups is 2. The fourth-order valence-electron chi connectivity index (χ4n) is 11.9. The molecule has 0 aromatic rings. The largest absolute Gasteiger partial charge is 1.00 e. The summed E-state index contributed by atoms with van der Waals surface area (Å²) in [5.41, 5.74) is 0. The quantitative estimate of drug-likeness (QED) is 0.0189. The number of phosphoric acid groups is 2. The smallest absolute Gasteiger partial charge is 1.00 e. The van der Waals surface area contributed by atoms with Crippen molar-refractivity contribution in [2.75, 3.05) is 65.9 Å². The topological polar surface area (TPSA) is 229 Å². The molecule has 17 nitrogen and oxygen atoms in total. The summed E-state index contributed by atoms with van der Waals surface area (Å²) in [6.45, 7) is 8.65. The molecule has 0 spiro atoms. The van der Waals surface area contributed by atoms with E-state index in [1.165, 1.54) is 270 Å². The van der Waals surface area contributed by atoms with Crippen molar-refractivity contribution in [3.05, 3.63) is 0 Å². The zero-order valence-electron chi connectivity index (χ0n) is 65.6. The zero-order chi connectivity index (χ0) is 68.6. The number of amides is 4. The van der Waals surface area contributed by atoms with Crippen LogP contribution in [0.5, 0.6) is 0 Å². The van der Waals surface area contributed by atoms with Gasteiger partial charge < -0.3 is 43.4 Å². The molecule has 0 saturated carbocycles. The Labute approximate surface area is 638 Å². The van der Waals surface area contributed by atoms with Crippen LogP contribution in [0.15, 0.2) is 0 Å². The summed E-state index contributed by atoms with van der Waals surface area (Å²) in [5.74, 6) is -0.316. The molecule has 6 N–H and O–H groups in total. The van der Waals surface area contributed by atoms with Gasteiger partial charge in [0.05, 0.1) is 51.7 Å². The maximum absolute atomic E-state index is 13.0. The van der Waals surface area contributed by atoms with E-state index in [1.807, 2.05) is 0 Å². The van der Waals surface area contributed by atoms with Crippen molar-refractivity contribution >= 4 is 33.5 Å². The van der Waals surface area contributed by atoms with Crippen LogP contribution in [0.4, 0.5) is 4.79 Å². The van der Waals surface area contributed by atoms with Crippen molar-refractivity contribution in [3.8, 4) is 0 Å². The van der Waals surface area contributed by atoms with Crippen LogP contribution < -0.4 is 80.4 Å². The maximum atomic E-state index is 13.0. The molecule has 0 aliphatic rings. The summed E-state index contributed by atoms with van der Waals surface area (Å²) >= 11 is 0. The van der Waals surface area contributed by atoms with E-state index in [-0.39, 0.29) is 127 Å². The minimum Gasteiger partial charge on any atom is -1.00 e. The SMILES string of the molecule is CCCCCCCCCCCCCCCCCCOC[C@@H](COP(=O)(O)OCCNC(=O)NCCOP(=O)(O)OC[C@H](COCCCCCCCCCCCCCCCCCC)NC(=O)CCCCCCCCCCCCC)NC(=O)CCCCCCCCCCCCC.[H-].[H-].[Na+].[Na+]. The Balaban J connectivity index is -0.00000721. The van der Waals surface area contributed by atoms with E-state index in [2.05, 4.69) is 49.0 Å². The molecule has 4 amide bonds. The second-order valence-corrected chi connectivity index (χ2v) is 30.1. The van der Waals surface area contributed by atoms with Gasteiger partial charge in [-0.1, -0.05) is 349 Å². The van der Waals surface area contributed by atoms with Crippen molar-refractivity contribution < 1.29 is 123 Å². The van der Waals surface area contributed by atoms with Gasteiger partial charge >= 0.3 is 80.8 Å². The van der Waals surface area contributed by atoms with Crippen LogP contribution in [0.3, 0.4) is 0 Å². The molecule has 0 heterocycles. The monoisotopic (exact) mass is 1430 g/mol. The average Bonchev–Trinajstić information content (AvgIpc) is 1.05. The van der Waals surface area contributed by atoms with Crippen molar-refractivity contribution in [2.24, 2.45) is 0 Å². The molecule has 0 aromatic heterocycles. The molecular weight excluding hydrogens is 1270 g/mol. The number of carbonyl (C=O) groups is 3. The molecule has 96 heavy (non-hydrogen) atoms. The van der Waals surface area contributed by atoms with Gasteiger partial charge in [0, 0.05) is 39.1 Å². The van der Waals surface area contributed by atoms with Gasteiger partial charge in [0.15, 0.2) is 0 Å². The molecular formula is C75H154N4Na2O13P2. The van der Waals surface area contributed by atoms with E-state index < -0.39 is 33.8 Å². The van der Waals surface area contributed by atoms with Crippen molar-refractivity contribution in [1.82, 2.24) is 21.3 Å². The third-order valence-electron chi connectivity index (χ3n) is 17.8. The number of unbranched alkanes of at least 4 members (excludes halogenated alkanes) is 50. The Bertz CT molecular complexity index is 1630. The molecule has 564 valence electrons. The van der Waals surface area contributed by atoms with E-state index in [0.29, 0.717) is 26.1 Å². The van der Waals surface area contributed by atoms with Gasteiger partial charge in [-0.3, -0.25) is 27.7 Å². The summed E-state index contributed by atoms with van der Waals surface area (Å²) < 4.78 is 58.8. The Kier molecular flexibility index (Phi) is 83.2. The first-order valence-electron chi connectivity index (χ1n) is 39.9. The minimum absolute atomic E-state index is 0. The Morgan fingerprint density at radius 1 is 0.302 bits per heavy atom. The predicted molar refractivity (Wildman–Crippen MR) is 394 cm³/mol. The summed E-state index contributed by atoms with van der Waals surface area (Å²) in [6.07, 6.45) is 67.7. The Morgan fingerprint density at radius 2 is 0.510 bits per heavy atom.